The lowest BCUT2D eigenvalue weighted by atomic mass is 9.89. The van der Waals surface area contributed by atoms with Gasteiger partial charge in [0, 0.05) is 5.02 Å². The molecule has 0 aliphatic rings. The van der Waals surface area contributed by atoms with Crippen LogP contribution in [0.1, 0.15) is 39.0 Å². The molecule has 3 aromatic carbocycles. The number of allylic oxidation sites excluding steroid dienone is 1. The highest BCUT2D eigenvalue weighted by atomic mass is 35.5. The smallest absolute Gasteiger partial charge is 0.338 e. The summed E-state index contributed by atoms with van der Waals surface area (Å²) < 4.78 is 5.03. The van der Waals surface area contributed by atoms with Crippen LogP contribution in [0.15, 0.2) is 72.8 Å². The van der Waals surface area contributed by atoms with E-state index in [1.54, 1.807) is 0 Å². The fraction of sp³-hybridized carbons (Fsp3) is 0.160. The number of hydrogen-bond donors (Lipinski definition) is 0. The van der Waals surface area contributed by atoms with Gasteiger partial charge in [-0.1, -0.05) is 72.3 Å². The van der Waals surface area contributed by atoms with Crippen LogP contribution < -0.4 is 0 Å². The lowest BCUT2D eigenvalue weighted by Crippen LogP contribution is -2.07. The molecule has 2 nitrogen and oxygen atoms in total. The molecule has 0 aliphatic heterocycles. The summed E-state index contributed by atoms with van der Waals surface area (Å²) in [5.41, 5.74) is 6.03. The van der Waals surface area contributed by atoms with Crippen molar-refractivity contribution in [2.24, 2.45) is 0 Å². The highest BCUT2D eigenvalue weighted by Crippen LogP contribution is 2.30. The third kappa shape index (κ3) is 4.90. The number of halogens is 1. The Morgan fingerprint density at radius 3 is 2.36 bits per heavy atom. The number of benzene rings is 3. The number of aryl methyl sites for hydroxylation is 2. The van der Waals surface area contributed by atoms with Crippen LogP contribution >= 0.6 is 11.6 Å². The fourth-order valence-corrected chi connectivity index (χ4v) is 3.45. The van der Waals surface area contributed by atoms with Crippen molar-refractivity contribution in [2.45, 2.75) is 19.8 Å². The van der Waals surface area contributed by atoms with Crippen molar-refractivity contribution in [1.82, 2.24) is 0 Å². The van der Waals surface area contributed by atoms with Gasteiger partial charge in [0.2, 0.25) is 0 Å². The number of esters is 1. The van der Waals surface area contributed by atoms with Gasteiger partial charge in [0.1, 0.15) is 0 Å². The van der Waals surface area contributed by atoms with E-state index in [1.165, 1.54) is 12.7 Å². The van der Waals surface area contributed by atoms with Crippen LogP contribution in [0.25, 0.3) is 11.6 Å². The molecule has 0 spiro atoms. The van der Waals surface area contributed by atoms with Crippen LogP contribution in [-0.2, 0) is 11.2 Å². The first-order chi connectivity index (χ1) is 13.6. The van der Waals surface area contributed by atoms with E-state index in [9.17, 15) is 4.79 Å². The number of carbonyl (C=O) groups is 1. The van der Waals surface area contributed by atoms with Crippen LogP contribution in [0, 0.1) is 6.92 Å². The zero-order valence-corrected chi connectivity index (χ0v) is 16.9. The van der Waals surface area contributed by atoms with Crippen molar-refractivity contribution in [2.75, 3.05) is 7.11 Å². The zero-order valence-electron chi connectivity index (χ0n) is 16.1. The van der Waals surface area contributed by atoms with E-state index in [-0.39, 0.29) is 5.97 Å². The Bertz CT molecular complexity index is 973. The molecule has 0 fully saturated rings. The minimum atomic E-state index is -0.316. The van der Waals surface area contributed by atoms with E-state index in [0.717, 1.165) is 40.1 Å². The number of hydrogen-bond acceptors (Lipinski definition) is 2. The number of rotatable bonds is 6. The summed E-state index contributed by atoms with van der Waals surface area (Å²) in [6.45, 7) is 2.03. The maximum atomic E-state index is 12.4. The maximum absolute atomic E-state index is 12.4. The molecular weight excluding hydrogens is 368 g/mol. The van der Waals surface area contributed by atoms with Gasteiger partial charge in [-0.25, -0.2) is 4.79 Å². The van der Waals surface area contributed by atoms with E-state index in [4.69, 9.17) is 16.3 Å². The van der Waals surface area contributed by atoms with E-state index < -0.39 is 0 Å². The second kappa shape index (κ2) is 9.38. The van der Waals surface area contributed by atoms with Gasteiger partial charge in [0.15, 0.2) is 0 Å². The average Bonchev–Trinajstić information content (AvgIpc) is 2.72. The summed E-state index contributed by atoms with van der Waals surface area (Å²) in [7, 11) is 1.42. The molecule has 3 heteroatoms. The van der Waals surface area contributed by atoms with Crippen molar-refractivity contribution in [1.29, 1.82) is 0 Å². The lowest BCUT2D eigenvalue weighted by Gasteiger charge is -2.16. The summed E-state index contributed by atoms with van der Waals surface area (Å²) in [6, 6.07) is 23.8. The molecule has 28 heavy (non-hydrogen) atoms. The minimum Gasteiger partial charge on any atom is -0.465 e. The molecule has 0 N–H and O–H groups in total. The highest BCUT2D eigenvalue weighted by Gasteiger charge is 2.17. The molecule has 3 rings (SSSR count). The van der Waals surface area contributed by atoms with Gasteiger partial charge in [-0.3, -0.25) is 0 Å². The Morgan fingerprint density at radius 1 is 0.964 bits per heavy atom. The van der Waals surface area contributed by atoms with Gasteiger partial charge < -0.3 is 4.74 Å². The van der Waals surface area contributed by atoms with Crippen LogP contribution in [0.5, 0.6) is 0 Å². The Balaban J connectivity index is 2.03. The highest BCUT2D eigenvalue weighted by molar-refractivity contribution is 6.30. The first-order valence-corrected chi connectivity index (χ1v) is 9.64. The molecule has 0 bridgehead atoms. The molecule has 3 aromatic rings. The largest absolute Gasteiger partial charge is 0.465 e. The Morgan fingerprint density at radius 2 is 1.68 bits per heavy atom. The van der Waals surface area contributed by atoms with Crippen molar-refractivity contribution in [3.05, 3.63) is 106 Å². The van der Waals surface area contributed by atoms with Crippen molar-refractivity contribution in [3.63, 3.8) is 0 Å². The first-order valence-electron chi connectivity index (χ1n) is 9.27. The predicted molar refractivity (Wildman–Crippen MR) is 117 cm³/mol. The van der Waals surface area contributed by atoms with E-state index in [1.807, 2.05) is 67.6 Å². The molecule has 0 saturated heterocycles. The van der Waals surface area contributed by atoms with Crippen molar-refractivity contribution < 1.29 is 9.53 Å². The topological polar surface area (TPSA) is 26.3 Å². The maximum Gasteiger partial charge on any atom is 0.338 e. The van der Waals surface area contributed by atoms with E-state index in [2.05, 4.69) is 18.2 Å². The monoisotopic (exact) mass is 390 g/mol. The van der Waals surface area contributed by atoms with E-state index >= 15 is 0 Å². The summed E-state index contributed by atoms with van der Waals surface area (Å²) >= 11 is 6.01. The Hall–Kier alpha value is -2.84. The first kappa shape index (κ1) is 19.9. The van der Waals surface area contributed by atoms with Gasteiger partial charge in [0.05, 0.1) is 12.7 Å². The quantitative estimate of drug-likeness (QED) is 0.349. The summed E-state index contributed by atoms with van der Waals surface area (Å²) in [4.78, 5) is 12.4. The molecule has 142 valence electrons. The van der Waals surface area contributed by atoms with E-state index in [0.29, 0.717) is 5.56 Å². The lowest BCUT2D eigenvalue weighted by molar-refractivity contribution is 0.0600. The molecule has 0 saturated carbocycles. The zero-order chi connectivity index (χ0) is 19.9. The summed E-state index contributed by atoms with van der Waals surface area (Å²) in [5.74, 6) is -0.316. The Labute approximate surface area is 171 Å². The second-order valence-electron chi connectivity index (χ2n) is 6.70. The predicted octanol–water partition coefficient (Wildman–Crippen LogP) is 6.61. The Kier molecular flexibility index (Phi) is 6.67. The van der Waals surface area contributed by atoms with Crippen LogP contribution in [-0.4, -0.2) is 13.1 Å². The molecule has 0 amide bonds. The third-order valence-electron chi connectivity index (χ3n) is 4.74. The molecule has 0 radical (unpaired) electrons. The minimum absolute atomic E-state index is 0.316. The molecule has 0 unspecified atom stereocenters. The van der Waals surface area contributed by atoms with Gasteiger partial charge in [-0.2, -0.15) is 0 Å². The number of methoxy groups -OCH3 is 1. The molecule has 0 aliphatic carbocycles. The summed E-state index contributed by atoms with van der Waals surface area (Å²) in [6.07, 6.45) is 3.81. The average molecular weight is 391 g/mol. The van der Waals surface area contributed by atoms with Gasteiger partial charge >= 0.3 is 5.97 Å². The second-order valence-corrected chi connectivity index (χ2v) is 7.13. The number of ether oxygens (including phenoxy) is 1. The SMILES string of the molecule is COC(=O)c1cccc(C)c1/C(=C\c1ccccc1)CCc1ccc(Cl)cc1. The van der Waals surface area contributed by atoms with Gasteiger partial charge in [-0.05, 0) is 65.8 Å². The van der Waals surface area contributed by atoms with Gasteiger partial charge in [-0.15, -0.1) is 0 Å². The molecule has 0 heterocycles. The molecule has 0 atom stereocenters. The van der Waals surface area contributed by atoms with Crippen LogP contribution in [0.3, 0.4) is 0 Å². The molecular formula is C25H23ClO2. The van der Waals surface area contributed by atoms with Crippen molar-refractivity contribution in [3.8, 4) is 0 Å². The van der Waals surface area contributed by atoms with Gasteiger partial charge in [0.25, 0.3) is 0 Å². The third-order valence-corrected chi connectivity index (χ3v) is 4.99. The summed E-state index contributed by atoms with van der Waals surface area (Å²) in [5, 5.41) is 0.732. The standard InChI is InChI=1S/C25H23ClO2/c1-18-7-6-10-23(25(27)28-2)24(18)21(17-20-8-4-3-5-9-20)14-11-19-12-15-22(26)16-13-19/h3-10,12-13,15-17H,11,14H2,1-2H3/b21-17-. The number of carbonyl (C=O) groups excluding carboxylic acids is 1. The van der Waals surface area contributed by atoms with Crippen LogP contribution in [0.2, 0.25) is 5.02 Å². The van der Waals surface area contributed by atoms with Crippen LogP contribution in [0.4, 0.5) is 0 Å². The normalized spacial score (nSPS) is 11.3. The molecule has 0 aromatic heterocycles. The van der Waals surface area contributed by atoms with Crippen molar-refractivity contribution >= 4 is 29.2 Å². The fourth-order valence-electron chi connectivity index (χ4n) is 3.32.